The number of ether oxygens (including phenoxy) is 1. The van der Waals surface area contributed by atoms with Gasteiger partial charge in [0.2, 0.25) is 0 Å². The molecule has 1 aliphatic rings. The van der Waals surface area contributed by atoms with Crippen molar-refractivity contribution in [2.75, 3.05) is 32.8 Å². The zero-order chi connectivity index (χ0) is 14.5. The van der Waals surface area contributed by atoms with E-state index < -0.39 is 5.60 Å². The molecule has 0 spiro atoms. The van der Waals surface area contributed by atoms with Gasteiger partial charge in [-0.15, -0.1) is 11.3 Å². The monoisotopic (exact) mass is 303 g/mol. The molecule has 2 heterocycles. The van der Waals surface area contributed by atoms with Crippen molar-refractivity contribution < 1.29 is 9.84 Å². The van der Waals surface area contributed by atoms with Gasteiger partial charge >= 0.3 is 0 Å². The van der Waals surface area contributed by atoms with E-state index in [0.29, 0.717) is 6.42 Å². The second-order valence-corrected chi connectivity index (χ2v) is 6.36. The molecule has 1 atom stereocenters. The lowest BCUT2D eigenvalue weighted by atomic mass is 9.88. The number of hydrogen-bond acceptors (Lipinski definition) is 4. The molecule has 3 nitrogen and oxygen atoms in total. The Bertz CT molecular complexity index is 537. The van der Waals surface area contributed by atoms with Crippen LogP contribution >= 0.6 is 11.3 Å². The maximum absolute atomic E-state index is 11.3. The van der Waals surface area contributed by atoms with Crippen LogP contribution in [0, 0.1) is 0 Å². The largest absolute Gasteiger partial charge is 0.379 e. The third-order valence-electron chi connectivity index (χ3n) is 4.07. The van der Waals surface area contributed by atoms with Gasteiger partial charge in [0, 0.05) is 24.5 Å². The minimum absolute atomic E-state index is 0.706. The fourth-order valence-corrected chi connectivity index (χ4v) is 3.66. The lowest BCUT2D eigenvalue weighted by Gasteiger charge is -2.32. The van der Waals surface area contributed by atoms with Crippen molar-refractivity contribution in [1.82, 2.24) is 4.90 Å². The summed E-state index contributed by atoms with van der Waals surface area (Å²) in [6.45, 7) is 4.38. The Kier molecular flexibility index (Phi) is 4.70. The van der Waals surface area contributed by atoms with E-state index in [2.05, 4.69) is 4.90 Å². The van der Waals surface area contributed by atoms with Gasteiger partial charge < -0.3 is 9.84 Å². The van der Waals surface area contributed by atoms with Gasteiger partial charge in [0.1, 0.15) is 5.60 Å². The van der Waals surface area contributed by atoms with E-state index in [1.54, 1.807) is 11.3 Å². The SMILES string of the molecule is O[C@@](CCN1CCOCC1)(c1ccccc1)c1cccs1. The molecule has 0 saturated carbocycles. The fraction of sp³-hybridized carbons (Fsp3) is 0.412. The average Bonchev–Trinajstić information content (AvgIpc) is 3.09. The van der Waals surface area contributed by atoms with Crippen LogP contribution in [0.5, 0.6) is 0 Å². The van der Waals surface area contributed by atoms with Gasteiger partial charge in [-0.3, -0.25) is 4.90 Å². The van der Waals surface area contributed by atoms with Crippen LogP contribution in [0.1, 0.15) is 16.9 Å². The third kappa shape index (κ3) is 3.35. The van der Waals surface area contributed by atoms with E-state index in [0.717, 1.165) is 43.3 Å². The Hall–Kier alpha value is -1.20. The highest BCUT2D eigenvalue weighted by Gasteiger charge is 2.32. The number of morpholine rings is 1. The molecule has 1 aliphatic heterocycles. The number of hydrogen-bond donors (Lipinski definition) is 1. The Morgan fingerprint density at radius 1 is 1.10 bits per heavy atom. The van der Waals surface area contributed by atoms with Crippen LogP contribution < -0.4 is 0 Å². The number of thiophene rings is 1. The van der Waals surface area contributed by atoms with Crippen molar-refractivity contribution in [2.45, 2.75) is 12.0 Å². The van der Waals surface area contributed by atoms with Crippen LogP contribution in [0.15, 0.2) is 47.8 Å². The van der Waals surface area contributed by atoms with Gasteiger partial charge in [-0.2, -0.15) is 0 Å². The fourth-order valence-electron chi connectivity index (χ4n) is 2.78. The van der Waals surface area contributed by atoms with Crippen molar-refractivity contribution in [3.8, 4) is 0 Å². The normalized spacial score (nSPS) is 19.3. The summed E-state index contributed by atoms with van der Waals surface area (Å²) in [5.74, 6) is 0. The molecule has 0 amide bonds. The van der Waals surface area contributed by atoms with E-state index in [-0.39, 0.29) is 0 Å². The van der Waals surface area contributed by atoms with Crippen LogP contribution in [-0.2, 0) is 10.3 Å². The predicted molar refractivity (Wildman–Crippen MR) is 85.6 cm³/mol. The molecule has 0 bridgehead atoms. The van der Waals surface area contributed by atoms with Crippen molar-refractivity contribution in [3.05, 3.63) is 58.3 Å². The Labute approximate surface area is 129 Å². The van der Waals surface area contributed by atoms with E-state index in [1.807, 2.05) is 47.8 Å². The second kappa shape index (κ2) is 6.71. The Morgan fingerprint density at radius 3 is 2.52 bits per heavy atom. The average molecular weight is 303 g/mol. The molecule has 1 aromatic heterocycles. The van der Waals surface area contributed by atoms with Crippen LogP contribution in [0.3, 0.4) is 0 Å². The highest BCUT2D eigenvalue weighted by Crippen LogP contribution is 2.35. The van der Waals surface area contributed by atoms with Gasteiger partial charge in [-0.25, -0.2) is 0 Å². The summed E-state index contributed by atoms with van der Waals surface area (Å²) < 4.78 is 5.39. The maximum atomic E-state index is 11.3. The molecular formula is C17H21NO2S. The zero-order valence-electron chi connectivity index (χ0n) is 12.1. The van der Waals surface area contributed by atoms with E-state index >= 15 is 0 Å². The van der Waals surface area contributed by atoms with Crippen LogP contribution in [-0.4, -0.2) is 42.9 Å². The van der Waals surface area contributed by atoms with Crippen molar-refractivity contribution >= 4 is 11.3 Å². The summed E-state index contributed by atoms with van der Waals surface area (Å²) in [7, 11) is 0. The number of rotatable bonds is 5. The molecule has 1 saturated heterocycles. The minimum Gasteiger partial charge on any atom is -0.379 e. The summed E-state index contributed by atoms with van der Waals surface area (Å²) in [6, 6.07) is 14.0. The summed E-state index contributed by atoms with van der Waals surface area (Å²) >= 11 is 1.62. The van der Waals surface area contributed by atoms with Crippen molar-refractivity contribution in [1.29, 1.82) is 0 Å². The van der Waals surface area contributed by atoms with Crippen LogP contribution in [0.4, 0.5) is 0 Å². The van der Waals surface area contributed by atoms with Crippen molar-refractivity contribution in [2.24, 2.45) is 0 Å². The molecule has 1 fully saturated rings. The number of benzene rings is 1. The second-order valence-electron chi connectivity index (χ2n) is 5.41. The zero-order valence-corrected chi connectivity index (χ0v) is 12.9. The molecule has 0 aliphatic carbocycles. The van der Waals surface area contributed by atoms with E-state index in [4.69, 9.17) is 4.74 Å². The highest BCUT2D eigenvalue weighted by atomic mass is 32.1. The first-order chi connectivity index (χ1) is 10.3. The first-order valence-electron chi connectivity index (χ1n) is 7.41. The summed E-state index contributed by atoms with van der Waals surface area (Å²) in [5.41, 5.74) is 0.0778. The number of nitrogens with zero attached hydrogens (tertiary/aromatic N) is 1. The first-order valence-corrected chi connectivity index (χ1v) is 8.29. The molecule has 1 aromatic carbocycles. The smallest absolute Gasteiger partial charge is 0.125 e. The first kappa shape index (κ1) is 14.7. The summed E-state index contributed by atoms with van der Waals surface area (Å²) in [6.07, 6.45) is 0.706. The molecule has 0 unspecified atom stereocenters. The molecule has 21 heavy (non-hydrogen) atoms. The van der Waals surface area contributed by atoms with Gasteiger partial charge in [0.05, 0.1) is 13.2 Å². The molecule has 112 valence electrons. The standard InChI is InChI=1S/C17H21NO2S/c19-17(16-7-4-14-21-16,15-5-2-1-3-6-15)8-9-18-10-12-20-13-11-18/h1-7,14,19H,8-13H2/t17-/m0/s1. The Morgan fingerprint density at radius 2 is 1.86 bits per heavy atom. The van der Waals surface area contributed by atoms with Gasteiger partial charge in [0.25, 0.3) is 0 Å². The van der Waals surface area contributed by atoms with Crippen molar-refractivity contribution in [3.63, 3.8) is 0 Å². The molecular weight excluding hydrogens is 282 g/mol. The van der Waals surface area contributed by atoms with Gasteiger partial charge in [0.15, 0.2) is 0 Å². The quantitative estimate of drug-likeness (QED) is 0.922. The van der Waals surface area contributed by atoms with Crippen LogP contribution in [0.25, 0.3) is 0 Å². The third-order valence-corrected chi connectivity index (χ3v) is 5.09. The number of aliphatic hydroxyl groups is 1. The van der Waals surface area contributed by atoms with Gasteiger partial charge in [-0.05, 0) is 23.4 Å². The lowest BCUT2D eigenvalue weighted by molar-refractivity contribution is 0.0154. The lowest BCUT2D eigenvalue weighted by Crippen LogP contribution is -2.40. The highest BCUT2D eigenvalue weighted by molar-refractivity contribution is 7.10. The van der Waals surface area contributed by atoms with Crippen LogP contribution in [0.2, 0.25) is 0 Å². The van der Waals surface area contributed by atoms with Gasteiger partial charge in [-0.1, -0.05) is 36.4 Å². The maximum Gasteiger partial charge on any atom is 0.125 e. The molecule has 3 rings (SSSR count). The molecule has 4 heteroatoms. The topological polar surface area (TPSA) is 32.7 Å². The van der Waals surface area contributed by atoms with E-state index in [1.165, 1.54) is 0 Å². The van der Waals surface area contributed by atoms with E-state index in [9.17, 15) is 5.11 Å². The molecule has 2 aromatic rings. The summed E-state index contributed by atoms with van der Waals surface area (Å²) in [4.78, 5) is 3.38. The molecule has 1 N–H and O–H groups in total. The predicted octanol–water partition coefficient (Wildman–Crippen LogP) is 2.71. The molecule has 0 radical (unpaired) electrons. The summed E-state index contributed by atoms with van der Waals surface area (Å²) in [5, 5.41) is 13.4. The Balaban J connectivity index is 1.79. The minimum atomic E-state index is -0.895.